The van der Waals surface area contributed by atoms with Crippen LogP contribution >= 0.6 is 0 Å². The Labute approximate surface area is 98.2 Å². The van der Waals surface area contributed by atoms with Gasteiger partial charge in [-0.15, -0.1) is 0 Å². The maximum atomic E-state index is 5.64. The SMILES string of the molecule is CCN(CC)Cc1ccc(CN)c(OC)c1. The van der Waals surface area contributed by atoms with E-state index < -0.39 is 0 Å². The number of hydrogen-bond donors (Lipinski definition) is 1. The minimum absolute atomic E-state index is 0.523. The Hall–Kier alpha value is -1.06. The van der Waals surface area contributed by atoms with Crippen molar-refractivity contribution in [2.75, 3.05) is 20.2 Å². The van der Waals surface area contributed by atoms with Crippen molar-refractivity contribution in [1.82, 2.24) is 4.90 Å². The quantitative estimate of drug-likeness (QED) is 0.800. The molecule has 0 aliphatic heterocycles. The van der Waals surface area contributed by atoms with Crippen LogP contribution in [0.15, 0.2) is 18.2 Å². The number of rotatable bonds is 6. The van der Waals surface area contributed by atoms with Crippen LogP contribution < -0.4 is 10.5 Å². The van der Waals surface area contributed by atoms with Gasteiger partial charge < -0.3 is 10.5 Å². The molecule has 3 nitrogen and oxygen atoms in total. The highest BCUT2D eigenvalue weighted by molar-refractivity contribution is 5.37. The molecule has 1 rings (SSSR count). The van der Waals surface area contributed by atoms with E-state index in [0.29, 0.717) is 6.54 Å². The summed E-state index contributed by atoms with van der Waals surface area (Å²) in [6, 6.07) is 6.27. The van der Waals surface area contributed by atoms with Gasteiger partial charge in [0.2, 0.25) is 0 Å². The van der Waals surface area contributed by atoms with E-state index in [4.69, 9.17) is 10.5 Å². The summed E-state index contributed by atoms with van der Waals surface area (Å²) in [5.41, 5.74) is 7.98. The third-order valence-electron chi connectivity index (χ3n) is 2.87. The van der Waals surface area contributed by atoms with Gasteiger partial charge in [0, 0.05) is 18.7 Å². The van der Waals surface area contributed by atoms with Crippen LogP contribution in [0.4, 0.5) is 0 Å². The summed E-state index contributed by atoms with van der Waals surface area (Å²) in [5.74, 6) is 0.896. The van der Waals surface area contributed by atoms with Gasteiger partial charge in [0.15, 0.2) is 0 Å². The molecule has 90 valence electrons. The van der Waals surface area contributed by atoms with E-state index in [1.807, 2.05) is 0 Å². The topological polar surface area (TPSA) is 38.5 Å². The monoisotopic (exact) mass is 222 g/mol. The van der Waals surface area contributed by atoms with Crippen LogP contribution in [0.2, 0.25) is 0 Å². The van der Waals surface area contributed by atoms with Gasteiger partial charge in [0.05, 0.1) is 7.11 Å². The van der Waals surface area contributed by atoms with Crippen molar-refractivity contribution in [3.63, 3.8) is 0 Å². The molecule has 0 unspecified atom stereocenters. The van der Waals surface area contributed by atoms with Crippen molar-refractivity contribution in [2.45, 2.75) is 26.9 Å². The van der Waals surface area contributed by atoms with E-state index in [-0.39, 0.29) is 0 Å². The molecule has 0 radical (unpaired) electrons. The summed E-state index contributed by atoms with van der Waals surface area (Å²) >= 11 is 0. The van der Waals surface area contributed by atoms with Crippen LogP contribution in [0.25, 0.3) is 0 Å². The van der Waals surface area contributed by atoms with E-state index >= 15 is 0 Å². The molecule has 0 saturated carbocycles. The Kier molecular flexibility index (Phi) is 5.29. The predicted molar refractivity (Wildman–Crippen MR) is 67.5 cm³/mol. The fourth-order valence-corrected chi connectivity index (χ4v) is 1.76. The van der Waals surface area contributed by atoms with E-state index in [9.17, 15) is 0 Å². The van der Waals surface area contributed by atoms with Crippen molar-refractivity contribution in [3.8, 4) is 5.75 Å². The zero-order chi connectivity index (χ0) is 12.0. The summed E-state index contributed by atoms with van der Waals surface area (Å²) in [5, 5.41) is 0. The average molecular weight is 222 g/mol. The van der Waals surface area contributed by atoms with Gasteiger partial charge in [-0.1, -0.05) is 26.0 Å². The maximum Gasteiger partial charge on any atom is 0.123 e. The molecular weight excluding hydrogens is 200 g/mol. The molecule has 0 amide bonds. The second-order valence-corrected chi connectivity index (χ2v) is 3.81. The summed E-state index contributed by atoms with van der Waals surface area (Å²) in [4.78, 5) is 2.37. The van der Waals surface area contributed by atoms with Crippen molar-refractivity contribution in [3.05, 3.63) is 29.3 Å². The van der Waals surface area contributed by atoms with Crippen LogP contribution in [0.5, 0.6) is 5.75 Å². The number of ether oxygens (including phenoxy) is 1. The van der Waals surface area contributed by atoms with E-state index in [1.54, 1.807) is 7.11 Å². The van der Waals surface area contributed by atoms with Gasteiger partial charge in [-0.05, 0) is 24.7 Å². The summed E-state index contributed by atoms with van der Waals surface area (Å²) in [6.45, 7) is 7.97. The standard InChI is InChI=1S/C13H22N2O/c1-4-15(5-2)10-11-6-7-12(9-14)13(8-11)16-3/h6-8H,4-5,9-10,14H2,1-3H3. The largest absolute Gasteiger partial charge is 0.496 e. The summed E-state index contributed by atoms with van der Waals surface area (Å²) < 4.78 is 5.33. The molecule has 1 aromatic rings. The van der Waals surface area contributed by atoms with Gasteiger partial charge in [-0.2, -0.15) is 0 Å². The highest BCUT2D eigenvalue weighted by Gasteiger charge is 2.05. The van der Waals surface area contributed by atoms with Gasteiger partial charge in [0.1, 0.15) is 5.75 Å². The predicted octanol–water partition coefficient (Wildman–Crippen LogP) is 2.00. The Morgan fingerprint density at radius 2 is 1.94 bits per heavy atom. The van der Waals surface area contributed by atoms with Gasteiger partial charge in [-0.3, -0.25) is 4.90 Å². The maximum absolute atomic E-state index is 5.64. The van der Waals surface area contributed by atoms with Gasteiger partial charge >= 0.3 is 0 Å². The number of methoxy groups -OCH3 is 1. The second-order valence-electron chi connectivity index (χ2n) is 3.81. The zero-order valence-electron chi connectivity index (χ0n) is 10.5. The van der Waals surface area contributed by atoms with Crippen molar-refractivity contribution in [1.29, 1.82) is 0 Å². The molecule has 16 heavy (non-hydrogen) atoms. The van der Waals surface area contributed by atoms with Crippen LogP contribution in [0.3, 0.4) is 0 Å². The molecule has 0 atom stereocenters. The van der Waals surface area contributed by atoms with E-state index in [1.165, 1.54) is 5.56 Å². The first kappa shape index (κ1) is 13.0. The fourth-order valence-electron chi connectivity index (χ4n) is 1.76. The summed E-state index contributed by atoms with van der Waals surface area (Å²) in [6.07, 6.45) is 0. The molecule has 2 N–H and O–H groups in total. The lowest BCUT2D eigenvalue weighted by atomic mass is 10.1. The fraction of sp³-hybridized carbons (Fsp3) is 0.538. The number of hydrogen-bond acceptors (Lipinski definition) is 3. The highest BCUT2D eigenvalue weighted by atomic mass is 16.5. The molecular formula is C13H22N2O. The zero-order valence-corrected chi connectivity index (χ0v) is 10.5. The Morgan fingerprint density at radius 1 is 1.25 bits per heavy atom. The molecule has 0 spiro atoms. The molecule has 3 heteroatoms. The number of benzene rings is 1. The minimum Gasteiger partial charge on any atom is -0.496 e. The van der Waals surface area contributed by atoms with E-state index in [0.717, 1.165) is 30.9 Å². The van der Waals surface area contributed by atoms with Crippen molar-refractivity contribution >= 4 is 0 Å². The first-order valence-electron chi connectivity index (χ1n) is 5.83. The second kappa shape index (κ2) is 6.51. The third-order valence-corrected chi connectivity index (χ3v) is 2.87. The third kappa shape index (κ3) is 3.22. The number of nitrogens with zero attached hydrogens (tertiary/aromatic N) is 1. The average Bonchev–Trinajstić information content (AvgIpc) is 2.35. The molecule has 0 aliphatic rings. The van der Waals surface area contributed by atoms with Crippen LogP contribution in [-0.4, -0.2) is 25.1 Å². The molecule has 0 fully saturated rings. The van der Waals surface area contributed by atoms with Crippen LogP contribution in [0.1, 0.15) is 25.0 Å². The van der Waals surface area contributed by atoms with Crippen molar-refractivity contribution in [2.24, 2.45) is 5.73 Å². The van der Waals surface area contributed by atoms with E-state index in [2.05, 4.69) is 36.9 Å². The Balaban J connectivity index is 2.82. The molecule has 1 aromatic carbocycles. The lowest BCUT2D eigenvalue weighted by molar-refractivity contribution is 0.295. The molecule has 0 aliphatic carbocycles. The highest BCUT2D eigenvalue weighted by Crippen LogP contribution is 2.20. The van der Waals surface area contributed by atoms with Gasteiger partial charge in [-0.25, -0.2) is 0 Å². The first-order chi connectivity index (χ1) is 7.74. The van der Waals surface area contributed by atoms with Gasteiger partial charge in [0.25, 0.3) is 0 Å². The van der Waals surface area contributed by atoms with Crippen molar-refractivity contribution < 1.29 is 4.74 Å². The molecule has 0 heterocycles. The van der Waals surface area contributed by atoms with Crippen LogP contribution in [-0.2, 0) is 13.1 Å². The Bertz CT molecular complexity index is 322. The first-order valence-corrected chi connectivity index (χ1v) is 5.83. The molecule has 0 bridgehead atoms. The molecule has 0 aromatic heterocycles. The smallest absolute Gasteiger partial charge is 0.123 e. The van der Waals surface area contributed by atoms with Crippen LogP contribution in [0, 0.1) is 0 Å². The lowest BCUT2D eigenvalue weighted by Crippen LogP contribution is -2.22. The normalized spacial score (nSPS) is 10.8. The number of nitrogens with two attached hydrogens (primary N) is 1. The summed E-state index contributed by atoms with van der Waals surface area (Å²) in [7, 11) is 1.69. The lowest BCUT2D eigenvalue weighted by Gasteiger charge is -2.18. The molecule has 0 saturated heterocycles. The Morgan fingerprint density at radius 3 is 2.44 bits per heavy atom. The minimum atomic E-state index is 0.523.